The van der Waals surface area contributed by atoms with E-state index in [1.807, 2.05) is 7.05 Å². The van der Waals surface area contributed by atoms with Crippen LogP contribution in [0.25, 0.3) is 0 Å². The molecule has 8 nitrogen and oxygen atoms in total. The minimum absolute atomic E-state index is 0.0152. The first-order valence-electron chi connectivity index (χ1n) is 10.9. The first-order chi connectivity index (χ1) is 14.0. The van der Waals surface area contributed by atoms with Gasteiger partial charge in [0, 0.05) is 32.6 Å². The Kier molecular flexibility index (Phi) is 8.23. The number of nitrogens with one attached hydrogen (secondary N) is 1. The minimum Gasteiger partial charge on any atom is -0.355 e. The maximum absolute atomic E-state index is 12.3. The van der Waals surface area contributed by atoms with Gasteiger partial charge in [0.15, 0.2) is 0 Å². The molecule has 1 saturated heterocycles. The molecule has 1 aliphatic heterocycles. The summed E-state index contributed by atoms with van der Waals surface area (Å²) in [5.41, 5.74) is 0. The Morgan fingerprint density at radius 2 is 1.97 bits per heavy atom. The van der Waals surface area contributed by atoms with Crippen molar-refractivity contribution in [2.45, 2.75) is 63.8 Å². The first kappa shape index (κ1) is 22.0. The van der Waals surface area contributed by atoms with Gasteiger partial charge in [-0.25, -0.2) is 0 Å². The summed E-state index contributed by atoms with van der Waals surface area (Å²) in [4.78, 5) is 30.2. The van der Waals surface area contributed by atoms with Crippen molar-refractivity contribution in [3.8, 4) is 0 Å². The van der Waals surface area contributed by atoms with Crippen LogP contribution in [0.2, 0.25) is 0 Å². The topological polar surface area (TPSA) is 81.7 Å². The first-order valence-corrected chi connectivity index (χ1v) is 11.7. The van der Waals surface area contributed by atoms with Crippen LogP contribution >= 0.6 is 11.3 Å². The van der Waals surface area contributed by atoms with E-state index in [0.717, 1.165) is 25.8 Å². The zero-order valence-corrected chi connectivity index (χ0v) is 18.5. The zero-order valence-electron chi connectivity index (χ0n) is 17.7. The molecule has 0 bridgehead atoms. The predicted octanol–water partition coefficient (Wildman–Crippen LogP) is 2.26. The maximum atomic E-state index is 12.3. The second-order valence-corrected chi connectivity index (χ2v) is 9.14. The van der Waals surface area contributed by atoms with Crippen molar-refractivity contribution in [3.05, 3.63) is 0 Å². The SMILES string of the molecule is CN(CC(=O)NCCCN(C)C1CCCCC1)c1nnc(N2CCCCC2=O)s1. The van der Waals surface area contributed by atoms with Gasteiger partial charge in [-0.15, -0.1) is 10.2 Å². The van der Waals surface area contributed by atoms with Crippen LogP contribution in [0.1, 0.15) is 57.8 Å². The summed E-state index contributed by atoms with van der Waals surface area (Å²) in [5, 5.41) is 12.6. The number of rotatable bonds is 9. The van der Waals surface area contributed by atoms with Gasteiger partial charge in [-0.1, -0.05) is 30.6 Å². The number of likely N-dealkylation sites (N-methyl/N-ethyl adjacent to an activating group) is 1. The monoisotopic (exact) mass is 422 g/mol. The van der Waals surface area contributed by atoms with E-state index in [0.29, 0.717) is 35.8 Å². The van der Waals surface area contributed by atoms with Crippen LogP contribution in [-0.4, -0.2) is 73.2 Å². The summed E-state index contributed by atoms with van der Waals surface area (Å²) in [6.45, 7) is 2.64. The summed E-state index contributed by atoms with van der Waals surface area (Å²) in [7, 11) is 4.03. The fraction of sp³-hybridized carbons (Fsp3) is 0.800. The van der Waals surface area contributed by atoms with E-state index in [1.54, 1.807) is 9.80 Å². The number of carbonyl (C=O) groups is 2. The highest BCUT2D eigenvalue weighted by atomic mass is 32.1. The van der Waals surface area contributed by atoms with Gasteiger partial charge in [0.1, 0.15) is 0 Å². The van der Waals surface area contributed by atoms with Gasteiger partial charge < -0.3 is 15.1 Å². The predicted molar refractivity (Wildman–Crippen MR) is 117 cm³/mol. The van der Waals surface area contributed by atoms with Gasteiger partial charge in [-0.2, -0.15) is 0 Å². The quantitative estimate of drug-likeness (QED) is 0.615. The number of amides is 2. The van der Waals surface area contributed by atoms with Gasteiger partial charge in [0.2, 0.25) is 22.1 Å². The molecular weight excluding hydrogens is 388 g/mol. The fourth-order valence-corrected chi connectivity index (χ4v) is 4.93. The number of nitrogens with zero attached hydrogens (tertiary/aromatic N) is 5. The Hall–Kier alpha value is -1.74. The van der Waals surface area contributed by atoms with Crippen molar-refractivity contribution < 1.29 is 9.59 Å². The highest BCUT2D eigenvalue weighted by Gasteiger charge is 2.24. The van der Waals surface area contributed by atoms with E-state index < -0.39 is 0 Å². The van der Waals surface area contributed by atoms with E-state index in [-0.39, 0.29) is 18.4 Å². The average molecular weight is 423 g/mol. The Morgan fingerprint density at radius 3 is 2.72 bits per heavy atom. The molecule has 9 heteroatoms. The molecule has 2 heterocycles. The Morgan fingerprint density at radius 1 is 1.17 bits per heavy atom. The molecule has 1 aromatic heterocycles. The number of carbonyl (C=O) groups excluding carboxylic acids is 2. The van der Waals surface area contributed by atoms with Crippen LogP contribution in [0.5, 0.6) is 0 Å². The van der Waals surface area contributed by atoms with E-state index in [1.165, 1.54) is 43.4 Å². The summed E-state index contributed by atoms with van der Waals surface area (Å²) in [5.74, 6) is 0.0937. The number of piperidine rings is 1. The Labute approximate surface area is 177 Å². The van der Waals surface area contributed by atoms with Crippen molar-refractivity contribution in [3.63, 3.8) is 0 Å². The molecule has 0 atom stereocenters. The summed E-state index contributed by atoms with van der Waals surface area (Å²) < 4.78 is 0. The van der Waals surface area contributed by atoms with E-state index in [9.17, 15) is 9.59 Å². The van der Waals surface area contributed by atoms with Crippen LogP contribution in [0, 0.1) is 0 Å². The second-order valence-electron chi connectivity index (χ2n) is 8.20. The van der Waals surface area contributed by atoms with Crippen molar-refractivity contribution in [2.75, 3.05) is 50.1 Å². The number of aromatic nitrogens is 2. The van der Waals surface area contributed by atoms with Gasteiger partial charge >= 0.3 is 0 Å². The molecule has 2 aliphatic rings. The molecule has 162 valence electrons. The van der Waals surface area contributed by atoms with Gasteiger partial charge in [0.25, 0.3) is 0 Å². The summed E-state index contributed by atoms with van der Waals surface area (Å²) >= 11 is 1.36. The Bertz CT molecular complexity index is 676. The molecule has 1 N–H and O–H groups in total. The molecule has 29 heavy (non-hydrogen) atoms. The van der Waals surface area contributed by atoms with E-state index in [2.05, 4.69) is 27.5 Å². The molecular formula is C20H34N6O2S. The van der Waals surface area contributed by atoms with Crippen LogP contribution in [0.4, 0.5) is 10.3 Å². The molecule has 1 aliphatic carbocycles. The molecule has 0 radical (unpaired) electrons. The summed E-state index contributed by atoms with van der Waals surface area (Å²) in [6, 6.07) is 0.712. The van der Waals surface area contributed by atoms with Crippen molar-refractivity contribution >= 4 is 33.4 Å². The van der Waals surface area contributed by atoms with Crippen LogP contribution in [-0.2, 0) is 9.59 Å². The molecule has 0 spiro atoms. The van der Waals surface area contributed by atoms with Crippen molar-refractivity contribution in [2.24, 2.45) is 0 Å². The minimum atomic E-state index is -0.0152. The third-order valence-corrected chi connectivity index (χ3v) is 6.93. The third-order valence-electron chi connectivity index (χ3n) is 5.87. The molecule has 1 saturated carbocycles. The smallest absolute Gasteiger partial charge is 0.239 e. The van der Waals surface area contributed by atoms with Crippen molar-refractivity contribution in [1.29, 1.82) is 0 Å². The lowest BCUT2D eigenvalue weighted by Crippen LogP contribution is -2.38. The van der Waals surface area contributed by atoms with E-state index >= 15 is 0 Å². The fourth-order valence-electron chi connectivity index (χ4n) is 4.08. The number of anilines is 2. The molecule has 2 amide bonds. The van der Waals surface area contributed by atoms with Gasteiger partial charge in [-0.3, -0.25) is 14.5 Å². The van der Waals surface area contributed by atoms with E-state index in [4.69, 9.17) is 0 Å². The molecule has 1 aromatic rings. The normalized spacial score (nSPS) is 18.3. The molecule has 3 rings (SSSR count). The maximum Gasteiger partial charge on any atom is 0.239 e. The lowest BCUT2D eigenvalue weighted by Gasteiger charge is -2.31. The largest absolute Gasteiger partial charge is 0.355 e. The van der Waals surface area contributed by atoms with Gasteiger partial charge in [0.05, 0.1) is 6.54 Å². The lowest BCUT2D eigenvalue weighted by atomic mass is 9.94. The highest BCUT2D eigenvalue weighted by molar-refractivity contribution is 7.19. The van der Waals surface area contributed by atoms with Crippen LogP contribution in [0.3, 0.4) is 0 Å². The number of hydrogen-bond donors (Lipinski definition) is 1. The number of hydrogen-bond acceptors (Lipinski definition) is 7. The average Bonchev–Trinajstić information content (AvgIpc) is 3.22. The lowest BCUT2D eigenvalue weighted by molar-refractivity contribution is -0.120. The highest BCUT2D eigenvalue weighted by Crippen LogP contribution is 2.28. The second kappa shape index (κ2) is 10.9. The molecule has 0 aromatic carbocycles. The van der Waals surface area contributed by atoms with Crippen LogP contribution < -0.4 is 15.1 Å². The Balaban J connectivity index is 1.36. The molecule has 2 fully saturated rings. The zero-order chi connectivity index (χ0) is 20.6. The van der Waals surface area contributed by atoms with Gasteiger partial charge in [-0.05, 0) is 45.7 Å². The molecule has 0 unspecified atom stereocenters. The summed E-state index contributed by atoms with van der Waals surface area (Å²) in [6.07, 6.45) is 10.1. The van der Waals surface area contributed by atoms with Crippen molar-refractivity contribution in [1.82, 2.24) is 20.4 Å². The standard InChI is InChI=1S/C20H34N6O2S/c1-24(16-9-4-3-5-10-16)13-8-12-21-17(27)15-25(2)19-22-23-20(29-19)26-14-7-6-11-18(26)28/h16H,3-15H2,1-2H3,(H,21,27). The third kappa shape index (κ3) is 6.37. The van der Waals surface area contributed by atoms with Crippen LogP contribution in [0.15, 0.2) is 0 Å².